The smallest absolute Gasteiger partial charge is 0.141 e. The molecule has 0 N–H and O–H groups in total. The molecule has 24 heavy (non-hydrogen) atoms. The number of thioether (sulfide) groups is 1. The summed E-state index contributed by atoms with van der Waals surface area (Å²) in [4.78, 5) is 0. The van der Waals surface area contributed by atoms with Crippen LogP contribution in [0.5, 0.6) is 0 Å². The Morgan fingerprint density at radius 1 is 0.667 bits per heavy atom. The second-order valence-electron chi connectivity index (χ2n) is 5.75. The normalized spacial score (nSPS) is 13.4. The maximum atomic E-state index is 15.2. The molecule has 2 heteroatoms. The van der Waals surface area contributed by atoms with Crippen molar-refractivity contribution in [3.8, 4) is 0 Å². The van der Waals surface area contributed by atoms with E-state index in [4.69, 9.17) is 0 Å². The molecular weight excluding hydrogens is 315 g/mol. The third kappa shape index (κ3) is 4.48. The van der Waals surface area contributed by atoms with Crippen molar-refractivity contribution in [2.45, 2.75) is 17.8 Å². The highest BCUT2D eigenvalue weighted by molar-refractivity contribution is 7.99. The molecule has 0 unspecified atom stereocenters. The zero-order valence-electron chi connectivity index (χ0n) is 13.5. The summed E-state index contributed by atoms with van der Waals surface area (Å²) in [5, 5.41) is -0.183. The Balaban J connectivity index is 1.73. The highest BCUT2D eigenvalue weighted by atomic mass is 32.2. The van der Waals surface area contributed by atoms with Gasteiger partial charge in [-0.25, -0.2) is 4.39 Å². The van der Waals surface area contributed by atoms with E-state index in [9.17, 15) is 0 Å². The fourth-order valence-electron chi connectivity index (χ4n) is 2.75. The van der Waals surface area contributed by atoms with Gasteiger partial charge >= 0.3 is 0 Å². The van der Waals surface area contributed by atoms with Gasteiger partial charge in [-0.15, -0.1) is 11.8 Å². The number of halogens is 1. The predicted octanol–water partition coefficient (Wildman–Crippen LogP) is 6.41. The predicted molar refractivity (Wildman–Crippen MR) is 102 cm³/mol. The van der Waals surface area contributed by atoms with Crippen molar-refractivity contribution >= 4 is 11.8 Å². The van der Waals surface area contributed by atoms with Crippen LogP contribution in [0.4, 0.5) is 4.39 Å². The fourth-order valence-corrected chi connectivity index (χ4v) is 4.04. The minimum absolute atomic E-state index is 0.183. The van der Waals surface area contributed by atoms with E-state index < -0.39 is 6.17 Å². The molecule has 3 aromatic rings. The van der Waals surface area contributed by atoms with E-state index in [1.54, 1.807) is 11.8 Å². The van der Waals surface area contributed by atoms with Crippen LogP contribution in [-0.2, 0) is 6.42 Å². The summed E-state index contributed by atoms with van der Waals surface area (Å²) in [7, 11) is 0. The zero-order valence-corrected chi connectivity index (χ0v) is 14.3. The number of alkyl halides is 1. The molecule has 3 aromatic carbocycles. The first-order chi connectivity index (χ1) is 11.8. The molecule has 122 valence electrons. The first-order valence-electron chi connectivity index (χ1n) is 8.24. The molecule has 0 saturated carbocycles. The molecule has 0 saturated heterocycles. The van der Waals surface area contributed by atoms with Gasteiger partial charge in [-0.05, 0) is 28.9 Å². The maximum absolute atomic E-state index is 15.2. The molecule has 0 aromatic heterocycles. The highest BCUT2D eigenvalue weighted by Gasteiger charge is 2.24. The van der Waals surface area contributed by atoms with Gasteiger partial charge in [0.1, 0.15) is 6.17 Å². The molecular formula is C22H21FS. The van der Waals surface area contributed by atoms with E-state index in [1.165, 1.54) is 5.56 Å². The monoisotopic (exact) mass is 336 g/mol. The lowest BCUT2D eigenvalue weighted by molar-refractivity contribution is 0.337. The Morgan fingerprint density at radius 2 is 1.17 bits per heavy atom. The van der Waals surface area contributed by atoms with Crippen molar-refractivity contribution in [1.82, 2.24) is 0 Å². The van der Waals surface area contributed by atoms with Crippen molar-refractivity contribution in [1.29, 1.82) is 0 Å². The van der Waals surface area contributed by atoms with Gasteiger partial charge in [0.15, 0.2) is 0 Å². The molecule has 0 radical (unpaired) electrons. The van der Waals surface area contributed by atoms with Gasteiger partial charge in [0.2, 0.25) is 0 Å². The van der Waals surface area contributed by atoms with Gasteiger partial charge in [0, 0.05) is 0 Å². The molecule has 0 fully saturated rings. The van der Waals surface area contributed by atoms with Gasteiger partial charge in [0.25, 0.3) is 0 Å². The van der Waals surface area contributed by atoms with Crippen LogP contribution >= 0.6 is 11.8 Å². The average Bonchev–Trinajstić information content (AvgIpc) is 2.67. The Bertz CT molecular complexity index is 713. The summed E-state index contributed by atoms with van der Waals surface area (Å²) in [6.45, 7) is 0. The second-order valence-corrected chi connectivity index (χ2v) is 7.00. The van der Waals surface area contributed by atoms with E-state index in [-0.39, 0.29) is 5.25 Å². The number of hydrogen-bond donors (Lipinski definition) is 0. The van der Waals surface area contributed by atoms with Crippen LogP contribution in [0.15, 0.2) is 91.0 Å². The van der Waals surface area contributed by atoms with E-state index in [2.05, 4.69) is 24.3 Å². The van der Waals surface area contributed by atoms with E-state index in [0.717, 1.165) is 23.3 Å². The first-order valence-corrected chi connectivity index (χ1v) is 9.29. The van der Waals surface area contributed by atoms with Crippen molar-refractivity contribution in [2.75, 3.05) is 5.75 Å². The van der Waals surface area contributed by atoms with Gasteiger partial charge in [-0.1, -0.05) is 91.0 Å². The Labute approximate surface area is 147 Å². The van der Waals surface area contributed by atoms with E-state index >= 15 is 4.39 Å². The zero-order chi connectivity index (χ0) is 16.6. The number of benzene rings is 3. The molecule has 0 heterocycles. The summed E-state index contributed by atoms with van der Waals surface area (Å²) in [6, 6.07) is 29.9. The molecule has 0 aliphatic rings. The SMILES string of the molecule is F[C@@H](c1ccccc1)[C@@H](SCCc1ccccc1)c1ccccc1. The lowest BCUT2D eigenvalue weighted by Crippen LogP contribution is -2.05. The largest absolute Gasteiger partial charge is 0.241 e. The molecule has 0 aliphatic carbocycles. The van der Waals surface area contributed by atoms with Crippen LogP contribution in [0, 0.1) is 0 Å². The molecule has 0 spiro atoms. The third-order valence-electron chi connectivity index (χ3n) is 4.04. The van der Waals surface area contributed by atoms with Crippen LogP contribution in [0.3, 0.4) is 0 Å². The lowest BCUT2D eigenvalue weighted by atomic mass is 10.0. The van der Waals surface area contributed by atoms with Crippen LogP contribution in [0.2, 0.25) is 0 Å². The maximum Gasteiger partial charge on any atom is 0.141 e. The Kier molecular flexibility index (Phi) is 6.08. The summed E-state index contributed by atoms with van der Waals surface area (Å²) in [5.74, 6) is 0.900. The first kappa shape index (κ1) is 16.8. The van der Waals surface area contributed by atoms with Crippen LogP contribution in [0.1, 0.15) is 28.1 Å². The molecule has 0 amide bonds. The van der Waals surface area contributed by atoms with Crippen LogP contribution in [0.25, 0.3) is 0 Å². The quantitative estimate of drug-likeness (QED) is 0.480. The van der Waals surface area contributed by atoms with Gasteiger partial charge in [-0.2, -0.15) is 0 Å². The number of hydrogen-bond acceptors (Lipinski definition) is 1. The van der Waals surface area contributed by atoms with Crippen molar-refractivity contribution in [3.05, 3.63) is 108 Å². The average molecular weight is 336 g/mol. The third-order valence-corrected chi connectivity index (χ3v) is 5.35. The minimum atomic E-state index is -1.01. The molecule has 0 aliphatic heterocycles. The summed E-state index contributed by atoms with van der Waals surface area (Å²) >= 11 is 1.70. The van der Waals surface area contributed by atoms with Gasteiger partial charge in [0.05, 0.1) is 5.25 Å². The second kappa shape index (κ2) is 8.70. The number of aryl methyl sites for hydroxylation is 1. The van der Waals surface area contributed by atoms with Crippen molar-refractivity contribution in [3.63, 3.8) is 0 Å². The molecule has 0 nitrogen and oxygen atoms in total. The minimum Gasteiger partial charge on any atom is -0.241 e. The fraction of sp³-hybridized carbons (Fsp3) is 0.182. The van der Waals surface area contributed by atoms with Crippen molar-refractivity contribution < 1.29 is 4.39 Å². The Morgan fingerprint density at radius 3 is 1.75 bits per heavy atom. The lowest BCUT2D eigenvalue weighted by Gasteiger charge is -2.22. The Hall–Kier alpha value is -2.06. The summed E-state index contributed by atoms with van der Waals surface area (Å²) in [6.07, 6.45) is -0.0505. The van der Waals surface area contributed by atoms with E-state index in [1.807, 2.05) is 66.7 Å². The van der Waals surface area contributed by atoms with Crippen LogP contribution < -0.4 is 0 Å². The summed E-state index contributed by atoms with van der Waals surface area (Å²) in [5.41, 5.74) is 3.09. The van der Waals surface area contributed by atoms with Crippen molar-refractivity contribution in [2.24, 2.45) is 0 Å². The highest BCUT2D eigenvalue weighted by Crippen LogP contribution is 2.42. The molecule has 0 bridgehead atoms. The van der Waals surface area contributed by atoms with Crippen LogP contribution in [-0.4, -0.2) is 5.75 Å². The van der Waals surface area contributed by atoms with Gasteiger partial charge in [-0.3, -0.25) is 0 Å². The topological polar surface area (TPSA) is 0 Å². The van der Waals surface area contributed by atoms with Gasteiger partial charge < -0.3 is 0 Å². The standard InChI is InChI=1S/C22H21FS/c23-21(19-12-6-2-7-13-19)22(20-14-8-3-9-15-20)24-17-16-18-10-4-1-5-11-18/h1-15,21-22H,16-17H2/t21-,22-/m0/s1. The summed E-state index contributed by atoms with van der Waals surface area (Å²) < 4.78 is 15.2. The van der Waals surface area contributed by atoms with E-state index in [0.29, 0.717) is 0 Å². The molecule has 2 atom stereocenters. The molecule has 3 rings (SSSR count). The number of rotatable bonds is 7.